The van der Waals surface area contributed by atoms with Crippen molar-refractivity contribution in [3.8, 4) is 22.6 Å². The highest BCUT2D eigenvalue weighted by Gasteiger charge is 2.16. The van der Waals surface area contributed by atoms with Crippen molar-refractivity contribution in [2.45, 2.75) is 27.3 Å². The molecule has 4 aromatic rings. The average molecular weight is 456 g/mol. The molecule has 0 bridgehead atoms. The lowest BCUT2D eigenvalue weighted by atomic mass is 9.96. The standard InChI is InChI=1S/C29H29NO4/c1-18-10-11-22(19(2)12-18)25-17-34-28-15-27(33-5)23(14-24(25)28)20(3)13-29(31)30-16-21-8-6-7-9-26(21)32-4/h6-15,17H,16H2,1-5H3,(H,30,31)/b20-13+. The normalized spacial score (nSPS) is 11.5. The van der Waals surface area contributed by atoms with Crippen molar-refractivity contribution in [1.82, 2.24) is 5.32 Å². The summed E-state index contributed by atoms with van der Waals surface area (Å²) in [5, 5.41) is 3.92. The van der Waals surface area contributed by atoms with Crippen molar-refractivity contribution in [2.75, 3.05) is 14.2 Å². The number of methoxy groups -OCH3 is 2. The van der Waals surface area contributed by atoms with E-state index in [9.17, 15) is 4.79 Å². The summed E-state index contributed by atoms with van der Waals surface area (Å²) in [6, 6.07) is 17.9. The molecule has 4 rings (SSSR count). The van der Waals surface area contributed by atoms with E-state index < -0.39 is 0 Å². The molecule has 0 unspecified atom stereocenters. The summed E-state index contributed by atoms with van der Waals surface area (Å²) in [6.07, 6.45) is 3.38. The van der Waals surface area contributed by atoms with Crippen LogP contribution in [0.4, 0.5) is 0 Å². The van der Waals surface area contributed by atoms with E-state index in [4.69, 9.17) is 13.9 Å². The summed E-state index contributed by atoms with van der Waals surface area (Å²) in [4.78, 5) is 12.7. The molecule has 1 heterocycles. The van der Waals surface area contributed by atoms with Crippen molar-refractivity contribution >= 4 is 22.4 Å². The molecule has 34 heavy (non-hydrogen) atoms. The van der Waals surface area contributed by atoms with E-state index in [1.165, 1.54) is 11.1 Å². The van der Waals surface area contributed by atoms with Crippen molar-refractivity contribution in [1.29, 1.82) is 0 Å². The first kappa shape index (κ1) is 23.2. The molecule has 0 fully saturated rings. The Hall–Kier alpha value is -3.99. The molecule has 0 radical (unpaired) electrons. The zero-order valence-electron chi connectivity index (χ0n) is 20.2. The molecule has 0 saturated heterocycles. The lowest BCUT2D eigenvalue weighted by molar-refractivity contribution is -0.116. The van der Waals surface area contributed by atoms with Crippen molar-refractivity contribution < 1.29 is 18.7 Å². The van der Waals surface area contributed by atoms with Crippen LogP contribution in [-0.4, -0.2) is 20.1 Å². The Balaban J connectivity index is 1.65. The van der Waals surface area contributed by atoms with Crippen molar-refractivity contribution in [2.24, 2.45) is 0 Å². The highest BCUT2D eigenvalue weighted by molar-refractivity contribution is 6.00. The molecule has 1 aromatic heterocycles. The molecule has 0 aliphatic carbocycles. The van der Waals surface area contributed by atoms with E-state index in [0.29, 0.717) is 12.3 Å². The lowest BCUT2D eigenvalue weighted by Gasteiger charge is -2.11. The highest BCUT2D eigenvalue weighted by Crippen LogP contribution is 2.38. The minimum Gasteiger partial charge on any atom is -0.496 e. The van der Waals surface area contributed by atoms with Crippen LogP contribution in [0.1, 0.15) is 29.2 Å². The number of furan rings is 1. The topological polar surface area (TPSA) is 60.7 Å². The Labute approximate surface area is 200 Å². The van der Waals surface area contributed by atoms with E-state index in [0.717, 1.165) is 44.5 Å². The first-order valence-corrected chi connectivity index (χ1v) is 11.2. The van der Waals surface area contributed by atoms with Gasteiger partial charge >= 0.3 is 0 Å². The molecule has 0 spiro atoms. The second-order valence-corrected chi connectivity index (χ2v) is 8.37. The van der Waals surface area contributed by atoms with Crippen molar-refractivity contribution in [3.63, 3.8) is 0 Å². The molecule has 0 aliphatic heterocycles. The summed E-state index contributed by atoms with van der Waals surface area (Å²) in [5.41, 5.74) is 7.83. The van der Waals surface area contributed by atoms with E-state index in [1.54, 1.807) is 26.6 Å². The number of fused-ring (bicyclic) bond motifs is 1. The SMILES string of the molecule is COc1ccccc1CNC(=O)/C=C(\C)c1cc2c(-c3ccc(C)cc3C)coc2cc1OC. The average Bonchev–Trinajstić information content (AvgIpc) is 3.24. The second kappa shape index (κ2) is 9.87. The zero-order valence-corrected chi connectivity index (χ0v) is 20.2. The van der Waals surface area contributed by atoms with Crippen LogP contribution in [0.3, 0.4) is 0 Å². The molecule has 5 heteroatoms. The van der Waals surface area contributed by atoms with Gasteiger partial charge in [-0.1, -0.05) is 42.0 Å². The largest absolute Gasteiger partial charge is 0.496 e. The number of carbonyl (C=O) groups excluding carboxylic acids is 1. The summed E-state index contributed by atoms with van der Waals surface area (Å²) in [7, 11) is 3.24. The molecular weight excluding hydrogens is 426 g/mol. The first-order valence-electron chi connectivity index (χ1n) is 11.2. The van der Waals surface area contributed by atoms with Crippen LogP contribution in [0.2, 0.25) is 0 Å². The number of amides is 1. The molecule has 5 nitrogen and oxygen atoms in total. The van der Waals surface area contributed by atoms with Crippen LogP contribution in [0.5, 0.6) is 11.5 Å². The fraction of sp³-hybridized carbons (Fsp3) is 0.207. The molecule has 1 amide bonds. The quantitative estimate of drug-likeness (QED) is 0.325. The van der Waals surface area contributed by atoms with Crippen LogP contribution in [0, 0.1) is 13.8 Å². The van der Waals surface area contributed by atoms with Gasteiger partial charge in [0.25, 0.3) is 0 Å². The number of hydrogen-bond acceptors (Lipinski definition) is 4. The Morgan fingerprint density at radius 3 is 2.47 bits per heavy atom. The van der Waals surface area contributed by atoms with Gasteiger partial charge in [-0.15, -0.1) is 0 Å². The number of carbonyl (C=O) groups is 1. The zero-order chi connectivity index (χ0) is 24.2. The Morgan fingerprint density at radius 2 is 1.74 bits per heavy atom. The van der Waals surface area contributed by atoms with Gasteiger partial charge in [0.05, 0.1) is 20.5 Å². The molecular formula is C29H29NO4. The van der Waals surface area contributed by atoms with E-state index in [2.05, 4.69) is 37.4 Å². The Morgan fingerprint density at radius 1 is 0.971 bits per heavy atom. The molecule has 1 N–H and O–H groups in total. The smallest absolute Gasteiger partial charge is 0.244 e. The predicted molar refractivity (Wildman–Crippen MR) is 136 cm³/mol. The van der Waals surface area contributed by atoms with Gasteiger partial charge in [0.15, 0.2) is 0 Å². The highest BCUT2D eigenvalue weighted by atomic mass is 16.5. The summed E-state index contributed by atoms with van der Waals surface area (Å²) in [6.45, 7) is 6.47. The maximum atomic E-state index is 12.7. The van der Waals surface area contributed by atoms with Gasteiger partial charge in [0.1, 0.15) is 17.1 Å². The second-order valence-electron chi connectivity index (χ2n) is 8.37. The summed E-state index contributed by atoms with van der Waals surface area (Å²) >= 11 is 0. The van der Waals surface area contributed by atoms with Gasteiger partial charge < -0.3 is 19.2 Å². The van der Waals surface area contributed by atoms with Crippen LogP contribution >= 0.6 is 0 Å². The van der Waals surface area contributed by atoms with Crippen LogP contribution in [0.15, 0.2) is 71.4 Å². The van der Waals surface area contributed by atoms with Gasteiger partial charge in [-0.3, -0.25) is 4.79 Å². The predicted octanol–water partition coefficient (Wildman–Crippen LogP) is 6.45. The minimum atomic E-state index is -0.188. The molecule has 0 aliphatic rings. The fourth-order valence-corrected chi connectivity index (χ4v) is 4.21. The van der Waals surface area contributed by atoms with Crippen molar-refractivity contribution in [3.05, 3.63) is 89.2 Å². The number of hydrogen-bond donors (Lipinski definition) is 1. The van der Waals surface area contributed by atoms with Crippen LogP contribution in [-0.2, 0) is 11.3 Å². The van der Waals surface area contributed by atoms with Gasteiger partial charge in [-0.25, -0.2) is 0 Å². The molecule has 0 saturated carbocycles. The summed E-state index contributed by atoms with van der Waals surface area (Å²) in [5.74, 6) is 1.21. The number of benzene rings is 3. The van der Waals surface area contributed by atoms with Crippen LogP contribution < -0.4 is 14.8 Å². The van der Waals surface area contributed by atoms with Crippen LogP contribution in [0.25, 0.3) is 27.7 Å². The monoisotopic (exact) mass is 455 g/mol. The van der Waals surface area contributed by atoms with Gasteiger partial charge in [-0.05, 0) is 49.6 Å². The maximum absolute atomic E-state index is 12.7. The van der Waals surface area contributed by atoms with E-state index >= 15 is 0 Å². The summed E-state index contributed by atoms with van der Waals surface area (Å²) < 4.78 is 16.8. The number of ether oxygens (including phenoxy) is 2. The van der Waals surface area contributed by atoms with Gasteiger partial charge in [0.2, 0.25) is 5.91 Å². The Bertz CT molecular complexity index is 1380. The maximum Gasteiger partial charge on any atom is 0.244 e. The van der Waals surface area contributed by atoms with E-state index in [-0.39, 0.29) is 5.91 Å². The molecule has 174 valence electrons. The first-order chi connectivity index (χ1) is 16.4. The fourth-order valence-electron chi connectivity index (χ4n) is 4.21. The third kappa shape index (κ3) is 4.69. The minimum absolute atomic E-state index is 0.188. The van der Waals surface area contributed by atoms with E-state index in [1.807, 2.05) is 43.3 Å². The Kier molecular flexibility index (Phi) is 6.73. The molecule has 0 atom stereocenters. The number of allylic oxidation sites excluding steroid dienone is 1. The van der Waals surface area contributed by atoms with Gasteiger partial charge in [0, 0.05) is 40.8 Å². The number of rotatable bonds is 7. The number of aryl methyl sites for hydroxylation is 2. The van der Waals surface area contributed by atoms with Gasteiger partial charge in [-0.2, -0.15) is 0 Å². The third-order valence-corrected chi connectivity index (χ3v) is 5.99. The number of nitrogens with one attached hydrogen (secondary N) is 1. The number of para-hydroxylation sites is 1. The lowest BCUT2D eigenvalue weighted by Crippen LogP contribution is -2.21. The molecule has 3 aromatic carbocycles. The third-order valence-electron chi connectivity index (χ3n) is 5.99.